The van der Waals surface area contributed by atoms with Crippen molar-refractivity contribution < 1.29 is 0 Å². The van der Waals surface area contributed by atoms with Crippen LogP contribution in [0.5, 0.6) is 0 Å². The summed E-state index contributed by atoms with van der Waals surface area (Å²) in [7, 11) is 0. The van der Waals surface area contributed by atoms with Crippen LogP contribution >= 0.6 is 0 Å². The van der Waals surface area contributed by atoms with E-state index in [-0.39, 0.29) is 0 Å². The van der Waals surface area contributed by atoms with E-state index in [9.17, 15) is 0 Å². The third-order valence-corrected chi connectivity index (χ3v) is 9.73. The third kappa shape index (κ3) is 7.07. The lowest BCUT2D eigenvalue weighted by Gasteiger charge is -2.42. The van der Waals surface area contributed by atoms with Gasteiger partial charge in [-0.3, -0.25) is 0 Å². The van der Waals surface area contributed by atoms with Crippen LogP contribution in [-0.4, -0.2) is 0 Å². The molecule has 1 aliphatic carbocycles. The maximum atomic E-state index is 4.45. The van der Waals surface area contributed by atoms with Crippen molar-refractivity contribution in [1.29, 1.82) is 0 Å². The number of rotatable bonds is 9. The Bertz CT molecular complexity index is 1200. The number of benzene rings is 2. The molecule has 0 heteroatoms. The van der Waals surface area contributed by atoms with Crippen molar-refractivity contribution >= 4 is 16.7 Å². The Morgan fingerprint density at radius 2 is 1.61 bits per heavy atom. The Labute approximate surface area is 234 Å². The molecule has 0 aliphatic heterocycles. The molecule has 0 heterocycles. The molecule has 1 aliphatic rings. The van der Waals surface area contributed by atoms with Crippen molar-refractivity contribution in [2.45, 2.75) is 94.4 Å². The minimum atomic E-state index is 0.306. The first-order valence-corrected chi connectivity index (χ1v) is 14.7. The standard InChI is InChI=1S/C38H52/c1-26(32-17-19-34(20-18-32)33-15-13-12-14-16-33)23-27(2)36-22-21-35(24-28(36)3)31(6)30(5)29(4)25-38(10,11)37(7,8)9/h13,15-24,29-31H,2,12,14,25H2,1,3-11H3/b26-23+. The van der Waals surface area contributed by atoms with E-state index >= 15 is 0 Å². The van der Waals surface area contributed by atoms with E-state index < -0.39 is 0 Å². The van der Waals surface area contributed by atoms with Crippen molar-refractivity contribution in [3.05, 3.63) is 101 Å². The molecule has 38 heavy (non-hydrogen) atoms. The van der Waals surface area contributed by atoms with Gasteiger partial charge in [0.25, 0.3) is 0 Å². The van der Waals surface area contributed by atoms with Crippen LogP contribution in [0.3, 0.4) is 0 Å². The fourth-order valence-corrected chi connectivity index (χ4v) is 5.60. The summed E-state index contributed by atoms with van der Waals surface area (Å²) in [6.45, 7) is 28.1. The predicted molar refractivity (Wildman–Crippen MR) is 171 cm³/mol. The summed E-state index contributed by atoms with van der Waals surface area (Å²) in [5.74, 6) is 1.80. The van der Waals surface area contributed by atoms with Crippen LogP contribution in [0.25, 0.3) is 16.7 Å². The van der Waals surface area contributed by atoms with E-state index in [4.69, 9.17) is 0 Å². The summed E-state index contributed by atoms with van der Waals surface area (Å²) < 4.78 is 0. The fourth-order valence-electron chi connectivity index (χ4n) is 5.60. The minimum Gasteiger partial charge on any atom is -0.0911 e. The molecule has 0 saturated heterocycles. The highest BCUT2D eigenvalue weighted by Crippen LogP contribution is 2.45. The molecule has 0 fully saturated rings. The van der Waals surface area contributed by atoms with Crippen LogP contribution in [-0.2, 0) is 0 Å². The van der Waals surface area contributed by atoms with Crippen molar-refractivity contribution in [3.8, 4) is 0 Å². The van der Waals surface area contributed by atoms with E-state index in [2.05, 4.69) is 143 Å². The fraction of sp³-hybridized carbons (Fsp3) is 0.474. The van der Waals surface area contributed by atoms with E-state index in [1.165, 1.54) is 45.4 Å². The van der Waals surface area contributed by atoms with Gasteiger partial charge in [0.1, 0.15) is 0 Å². The zero-order valence-electron chi connectivity index (χ0n) is 25.9. The number of hydrogen-bond donors (Lipinski definition) is 0. The Hall–Kier alpha value is -2.60. The Kier molecular flexibility index (Phi) is 9.51. The van der Waals surface area contributed by atoms with Crippen molar-refractivity contribution in [2.75, 3.05) is 0 Å². The SMILES string of the molecule is C=C(/C=C(\C)c1ccc(C2=CCCC=C2)cc1)c1ccc(C(C)C(C)C(C)CC(C)(C)C(C)(C)C)cc1C. The predicted octanol–water partition coefficient (Wildman–Crippen LogP) is 11.7. The normalized spacial score (nSPS) is 17.1. The second-order valence-electron chi connectivity index (χ2n) is 13.6. The number of hydrogen-bond acceptors (Lipinski definition) is 0. The molecular weight excluding hydrogens is 456 g/mol. The van der Waals surface area contributed by atoms with E-state index in [0.29, 0.717) is 28.6 Å². The van der Waals surface area contributed by atoms with Gasteiger partial charge in [-0.25, -0.2) is 0 Å². The Balaban J connectivity index is 1.71. The highest BCUT2D eigenvalue weighted by atomic mass is 14.4. The lowest BCUT2D eigenvalue weighted by Crippen LogP contribution is -2.33. The van der Waals surface area contributed by atoms with Crippen LogP contribution in [0.15, 0.2) is 73.3 Å². The van der Waals surface area contributed by atoms with E-state index in [0.717, 1.165) is 18.4 Å². The van der Waals surface area contributed by atoms with Crippen molar-refractivity contribution in [2.24, 2.45) is 22.7 Å². The van der Waals surface area contributed by atoms with Gasteiger partial charge >= 0.3 is 0 Å². The second-order valence-corrected chi connectivity index (χ2v) is 13.6. The molecule has 0 nitrogen and oxygen atoms in total. The molecule has 3 rings (SSSR count). The zero-order valence-corrected chi connectivity index (χ0v) is 25.9. The summed E-state index contributed by atoms with van der Waals surface area (Å²) in [4.78, 5) is 0. The summed E-state index contributed by atoms with van der Waals surface area (Å²) in [5.41, 5.74) is 10.8. The number of aryl methyl sites for hydroxylation is 1. The molecule has 0 radical (unpaired) electrons. The first kappa shape index (κ1) is 29.9. The van der Waals surface area contributed by atoms with E-state index in [1.807, 2.05) is 0 Å². The smallest absolute Gasteiger partial charge is 0.0160 e. The molecule has 0 aromatic heterocycles. The maximum absolute atomic E-state index is 4.45. The minimum absolute atomic E-state index is 0.306. The number of allylic oxidation sites excluding steroid dienone is 7. The van der Waals surface area contributed by atoms with Gasteiger partial charge in [-0.1, -0.05) is 129 Å². The highest BCUT2D eigenvalue weighted by Gasteiger charge is 2.35. The Morgan fingerprint density at radius 1 is 0.947 bits per heavy atom. The van der Waals surface area contributed by atoms with Gasteiger partial charge in [0.15, 0.2) is 0 Å². The molecule has 0 saturated carbocycles. The topological polar surface area (TPSA) is 0 Å². The summed E-state index contributed by atoms with van der Waals surface area (Å²) in [5, 5.41) is 0. The molecule has 0 bridgehead atoms. The lowest BCUT2D eigenvalue weighted by atomic mass is 9.63. The molecule has 2 aromatic rings. The van der Waals surface area contributed by atoms with Crippen molar-refractivity contribution in [1.82, 2.24) is 0 Å². The van der Waals surface area contributed by atoms with Gasteiger partial charge in [0, 0.05) is 0 Å². The highest BCUT2D eigenvalue weighted by molar-refractivity contribution is 5.84. The monoisotopic (exact) mass is 508 g/mol. The molecule has 2 aromatic carbocycles. The quantitative estimate of drug-likeness (QED) is 0.295. The molecule has 0 amide bonds. The van der Waals surface area contributed by atoms with Gasteiger partial charge in [0.2, 0.25) is 0 Å². The Morgan fingerprint density at radius 3 is 2.16 bits per heavy atom. The average Bonchev–Trinajstić information content (AvgIpc) is 2.87. The lowest BCUT2D eigenvalue weighted by molar-refractivity contribution is 0.0826. The largest absolute Gasteiger partial charge is 0.0911 e. The van der Waals surface area contributed by atoms with E-state index in [1.54, 1.807) is 0 Å². The van der Waals surface area contributed by atoms with Crippen LogP contribution in [0.4, 0.5) is 0 Å². The van der Waals surface area contributed by atoms with Crippen LogP contribution in [0, 0.1) is 29.6 Å². The molecule has 3 atom stereocenters. The zero-order chi connectivity index (χ0) is 28.3. The van der Waals surface area contributed by atoms with Crippen LogP contribution in [0.1, 0.15) is 115 Å². The van der Waals surface area contributed by atoms with Crippen molar-refractivity contribution in [3.63, 3.8) is 0 Å². The van der Waals surface area contributed by atoms with Crippen LogP contribution < -0.4 is 0 Å². The maximum Gasteiger partial charge on any atom is -0.0160 e. The molecular formula is C38H52. The molecule has 3 unspecified atom stereocenters. The second kappa shape index (κ2) is 12.1. The molecule has 0 N–H and O–H groups in total. The van der Waals surface area contributed by atoms with Gasteiger partial charge in [-0.2, -0.15) is 0 Å². The molecule has 204 valence electrons. The van der Waals surface area contributed by atoms with Gasteiger partial charge in [0.05, 0.1) is 0 Å². The summed E-state index contributed by atoms with van der Waals surface area (Å²) in [6, 6.07) is 16.0. The van der Waals surface area contributed by atoms with Gasteiger partial charge < -0.3 is 0 Å². The first-order chi connectivity index (χ1) is 17.7. The first-order valence-electron chi connectivity index (χ1n) is 14.7. The van der Waals surface area contributed by atoms with Gasteiger partial charge in [-0.15, -0.1) is 0 Å². The van der Waals surface area contributed by atoms with Gasteiger partial charge in [-0.05, 0) is 106 Å². The molecule has 0 spiro atoms. The summed E-state index contributed by atoms with van der Waals surface area (Å²) >= 11 is 0. The third-order valence-electron chi connectivity index (χ3n) is 9.73. The summed E-state index contributed by atoms with van der Waals surface area (Å²) in [6.07, 6.45) is 12.6. The van der Waals surface area contributed by atoms with Crippen LogP contribution in [0.2, 0.25) is 0 Å². The average molecular weight is 509 g/mol.